The summed E-state index contributed by atoms with van der Waals surface area (Å²) in [5.41, 5.74) is 2.19. The minimum Gasteiger partial charge on any atom is -0.372 e. The number of hydrogen-bond donors (Lipinski definition) is 0. The molecule has 1 aliphatic heterocycles. The first kappa shape index (κ1) is 13.7. The third-order valence-corrected chi connectivity index (χ3v) is 3.94. The number of ether oxygens (including phenoxy) is 1. The van der Waals surface area contributed by atoms with Crippen molar-refractivity contribution in [2.24, 2.45) is 0 Å². The zero-order valence-electron chi connectivity index (χ0n) is 12.1. The molecule has 4 heteroatoms. The van der Waals surface area contributed by atoms with Crippen molar-refractivity contribution in [3.05, 3.63) is 34.9 Å². The van der Waals surface area contributed by atoms with Crippen LogP contribution in [0.2, 0.25) is 5.02 Å². The quantitative estimate of drug-likeness (QED) is 0.798. The molecular weight excluding hydrogens is 272 g/mol. The Labute approximate surface area is 124 Å². The summed E-state index contributed by atoms with van der Waals surface area (Å²) < 4.78 is 5.78. The lowest BCUT2D eigenvalue weighted by Gasteiger charge is -2.36. The van der Waals surface area contributed by atoms with E-state index < -0.39 is 0 Å². The Morgan fingerprint density at radius 1 is 1.20 bits per heavy atom. The van der Waals surface area contributed by atoms with Gasteiger partial charge in [0, 0.05) is 23.5 Å². The second-order valence-corrected chi connectivity index (χ2v) is 6.06. The van der Waals surface area contributed by atoms with Crippen LogP contribution in [0.4, 0.5) is 5.82 Å². The molecule has 0 amide bonds. The van der Waals surface area contributed by atoms with Gasteiger partial charge in [-0.15, -0.1) is 0 Å². The highest BCUT2D eigenvalue weighted by Crippen LogP contribution is 2.26. The number of fused-ring (bicyclic) bond motifs is 1. The van der Waals surface area contributed by atoms with Crippen LogP contribution in [0.15, 0.2) is 24.3 Å². The Bertz CT molecular complexity index is 634. The molecule has 1 aliphatic rings. The van der Waals surface area contributed by atoms with Crippen LogP contribution < -0.4 is 4.90 Å². The standard InChI is InChI=1S/C16H19ClN2O/c1-10-6-16(19-8-11(2)20-12(3)9-19)18-15-7-13(17)4-5-14(10)15/h4-7,11-12H,8-9H2,1-3H3. The van der Waals surface area contributed by atoms with Crippen molar-refractivity contribution in [3.8, 4) is 0 Å². The summed E-state index contributed by atoms with van der Waals surface area (Å²) in [4.78, 5) is 7.07. The minimum atomic E-state index is 0.232. The summed E-state index contributed by atoms with van der Waals surface area (Å²) >= 11 is 6.08. The fourth-order valence-electron chi connectivity index (χ4n) is 2.88. The number of pyridine rings is 1. The number of aryl methyl sites for hydroxylation is 1. The highest BCUT2D eigenvalue weighted by molar-refractivity contribution is 6.31. The van der Waals surface area contributed by atoms with E-state index in [0.29, 0.717) is 0 Å². The lowest BCUT2D eigenvalue weighted by atomic mass is 10.1. The van der Waals surface area contributed by atoms with Gasteiger partial charge in [0.2, 0.25) is 0 Å². The average Bonchev–Trinajstić information content (AvgIpc) is 2.36. The SMILES string of the molecule is Cc1cc(N2CC(C)OC(C)C2)nc2cc(Cl)ccc12. The van der Waals surface area contributed by atoms with E-state index >= 15 is 0 Å². The van der Waals surface area contributed by atoms with Crippen LogP contribution in [0, 0.1) is 6.92 Å². The average molecular weight is 291 g/mol. The lowest BCUT2D eigenvalue weighted by molar-refractivity contribution is -0.00544. The molecule has 106 valence electrons. The molecule has 0 N–H and O–H groups in total. The Morgan fingerprint density at radius 3 is 2.60 bits per heavy atom. The highest BCUT2D eigenvalue weighted by Gasteiger charge is 2.23. The molecule has 0 spiro atoms. The second-order valence-electron chi connectivity index (χ2n) is 5.62. The summed E-state index contributed by atoms with van der Waals surface area (Å²) in [5, 5.41) is 1.89. The van der Waals surface area contributed by atoms with Gasteiger partial charge < -0.3 is 9.64 Å². The van der Waals surface area contributed by atoms with Gasteiger partial charge in [-0.05, 0) is 44.5 Å². The van der Waals surface area contributed by atoms with Gasteiger partial charge in [0.25, 0.3) is 0 Å². The van der Waals surface area contributed by atoms with E-state index in [0.717, 1.165) is 34.8 Å². The monoisotopic (exact) mass is 290 g/mol. The van der Waals surface area contributed by atoms with E-state index in [1.807, 2.05) is 18.2 Å². The van der Waals surface area contributed by atoms with Crippen LogP contribution in [0.25, 0.3) is 10.9 Å². The van der Waals surface area contributed by atoms with E-state index in [4.69, 9.17) is 21.3 Å². The number of aromatic nitrogens is 1. The van der Waals surface area contributed by atoms with Gasteiger partial charge in [-0.25, -0.2) is 4.98 Å². The topological polar surface area (TPSA) is 25.4 Å². The van der Waals surface area contributed by atoms with Crippen LogP contribution in [0.1, 0.15) is 19.4 Å². The molecule has 2 heterocycles. The molecule has 20 heavy (non-hydrogen) atoms. The number of anilines is 1. The Morgan fingerprint density at radius 2 is 1.90 bits per heavy atom. The summed E-state index contributed by atoms with van der Waals surface area (Å²) in [6, 6.07) is 8.03. The summed E-state index contributed by atoms with van der Waals surface area (Å²) in [6.07, 6.45) is 0.465. The molecule has 2 aromatic rings. The number of hydrogen-bond acceptors (Lipinski definition) is 3. The van der Waals surface area contributed by atoms with Crippen molar-refractivity contribution in [1.82, 2.24) is 4.98 Å². The first-order valence-corrected chi connectivity index (χ1v) is 7.38. The van der Waals surface area contributed by atoms with Gasteiger partial charge >= 0.3 is 0 Å². The molecular formula is C16H19ClN2O. The van der Waals surface area contributed by atoms with Gasteiger partial charge in [-0.2, -0.15) is 0 Å². The fourth-order valence-corrected chi connectivity index (χ4v) is 3.05. The molecule has 1 aromatic heterocycles. The largest absolute Gasteiger partial charge is 0.372 e. The van der Waals surface area contributed by atoms with Crippen molar-refractivity contribution < 1.29 is 4.74 Å². The van der Waals surface area contributed by atoms with Crippen molar-refractivity contribution in [3.63, 3.8) is 0 Å². The lowest BCUT2D eigenvalue weighted by Crippen LogP contribution is -2.45. The Balaban J connectivity index is 2.03. The molecule has 0 radical (unpaired) electrons. The van der Waals surface area contributed by atoms with E-state index in [1.165, 1.54) is 5.56 Å². The van der Waals surface area contributed by atoms with E-state index in [2.05, 4.69) is 31.7 Å². The predicted octanol–water partition coefficient (Wildman–Crippen LogP) is 3.81. The maximum absolute atomic E-state index is 6.08. The smallest absolute Gasteiger partial charge is 0.129 e. The normalized spacial score (nSPS) is 23.3. The predicted molar refractivity (Wildman–Crippen MR) is 83.7 cm³/mol. The fraction of sp³-hybridized carbons (Fsp3) is 0.438. The Kier molecular flexibility index (Phi) is 3.57. The molecule has 2 atom stereocenters. The third-order valence-electron chi connectivity index (χ3n) is 3.71. The summed E-state index contributed by atoms with van der Waals surface area (Å²) in [7, 11) is 0. The van der Waals surface area contributed by atoms with Gasteiger partial charge in [0.1, 0.15) is 5.82 Å². The zero-order chi connectivity index (χ0) is 14.3. The van der Waals surface area contributed by atoms with E-state index in [1.54, 1.807) is 0 Å². The number of rotatable bonds is 1. The van der Waals surface area contributed by atoms with Crippen molar-refractivity contribution in [2.45, 2.75) is 33.0 Å². The summed E-state index contributed by atoms with van der Waals surface area (Å²) in [6.45, 7) is 8.08. The molecule has 1 aromatic carbocycles. The van der Waals surface area contributed by atoms with Crippen LogP contribution in [-0.2, 0) is 4.74 Å². The second kappa shape index (κ2) is 5.23. The molecule has 3 rings (SSSR count). The molecule has 0 saturated carbocycles. The van der Waals surface area contributed by atoms with Gasteiger partial charge in [0.05, 0.1) is 17.7 Å². The van der Waals surface area contributed by atoms with E-state index in [-0.39, 0.29) is 12.2 Å². The molecule has 0 bridgehead atoms. The first-order chi connectivity index (χ1) is 9.52. The molecule has 3 nitrogen and oxygen atoms in total. The molecule has 2 unspecified atom stereocenters. The number of halogens is 1. The van der Waals surface area contributed by atoms with E-state index in [9.17, 15) is 0 Å². The highest BCUT2D eigenvalue weighted by atomic mass is 35.5. The molecule has 1 saturated heterocycles. The molecule has 1 fully saturated rings. The number of nitrogens with zero attached hydrogens (tertiary/aromatic N) is 2. The van der Waals surface area contributed by atoms with Gasteiger partial charge in [-0.3, -0.25) is 0 Å². The first-order valence-electron chi connectivity index (χ1n) is 7.00. The number of morpholine rings is 1. The van der Waals surface area contributed by atoms with Crippen LogP contribution in [0.3, 0.4) is 0 Å². The third kappa shape index (κ3) is 2.60. The number of benzene rings is 1. The maximum Gasteiger partial charge on any atom is 0.129 e. The van der Waals surface area contributed by atoms with Gasteiger partial charge in [0.15, 0.2) is 0 Å². The van der Waals surface area contributed by atoms with Crippen LogP contribution in [0.5, 0.6) is 0 Å². The minimum absolute atomic E-state index is 0.232. The van der Waals surface area contributed by atoms with Crippen molar-refractivity contribution in [2.75, 3.05) is 18.0 Å². The van der Waals surface area contributed by atoms with Gasteiger partial charge in [-0.1, -0.05) is 17.7 Å². The van der Waals surface area contributed by atoms with Crippen molar-refractivity contribution >= 4 is 28.3 Å². The maximum atomic E-state index is 6.08. The van der Waals surface area contributed by atoms with Crippen molar-refractivity contribution in [1.29, 1.82) is 0 Å². The van der Waals surface area contributed by atoms with Crippen LogP contribution in [-0.4, -0.2) is 30.3 Å². The van der Waals surface area contributed by atoms with Crippen LogP contribution >= 0.6 is 11.6 Å². The molecule has 0 aliphatic carbocycles. The zero-order valence-corrected chi connectivity index (χ0v) is 12.8. The Hall–Kier alpha value is -1.32. The summed E-state index contributed by atoms with van der Waals surface area (Å²) in [5.74, 6) is 1.01.